The molecule has 3 rings (SSSR count). The molecule has 2 aliphatic carbocycles. The van der Waals surface area contributed by atoms with Crippen molar-refractivity contribution >= 4 is 17.7 Å². The van der Waals surface area contributed by atoms with Gasteiger partial charge in [-0.3, -0.25) is 10.1 Å². The van der Waals surface area contributed by atoms with Gasteiger partial charge in [0.1, 0.15) is 5.54 Å². The van der Waals surface area contributed by atoms with Crippen molar-refractivity contribution in [2.24, 2.45) is 5.92 Å². The zero-order valence-electron chi connectivity index (χ0n) is 12.7. The number of carbonyl (C=O) groups is 1. The average molecular weight is 305 g/mol. The predicted molar refractivity (Wildman–Crippen MR) is 85.9 cm³/mol. The van der Waals surface area contributed by atoms with Gasteiger partial charge in [0.25, 0.3) is 0 Å². The molecule has 0 aliphatic heterocycles. The Morgan fingerprint density at radius 2 is 2.05 bits per heavy atom. The maximum atomic E-state index is 12.0. The molecule has 1 atom stereocenters. The highest BCUT2D eigenvalue weighted by atomic mass is 32.2. The number of hydrogen-bond donors (Lipinski definition) is 2. The molecule has 0 bridgehead atoms. The van der Waals surface area contributed by atoms with Gasteiger partial charge in [-0.1, -0.05) is 17.7 Å². The molecular weight excluding hydrogens is 282 g/mol. The Hall–Kier alpha value is -1.00. The molecule has 2 N–H and O–H groups in total. The van der Waals surface area contributed by atoms with E-state index in [-0.39, 0.29) is 0 Å². The van der Waals surface area contributed by atoms with Crippen LogP contribution in [0.25, 0.3) is 0 Å². The fourth-order valence-corrected chi connectivity index (χ4v) is 4.19. The predicted octanol–water partition coefficient (Wildman–Crippen LogP) is 3.38. The molecule has 2 aliphatic rings. The first-order valence-corrected chi connectivity index (χ1v) is 8.71. The second-order valence-corrected chi connectivity index (χ2v) is 7.54. The van der Waals surface area contributed by atoms with Gasteiger partial charge >= 0.3 is 5.97 Å². The Labute approximate surface area is 130 Å². The average Bonchev–Trinajstić information content (AvgIpc) is 3.30. The second kappa shape index (κ2) is 5.65. The van der Waals surface area contributed by atoms with Gasteiger partial charge in [0.15, 0.2) is 0 Å². The lowest BCUT2D eigenvalue weighted by molar-refractivity contribution is -0.145. The number of hydrogen-bond acceptors (Lipinski definition) is 3. The van der Waals surface area contributed by atoms with Crippen LogP contribution in [0.2, 0.25) is 0 Å². The van der Waals surface area contributed by atoms with Crippen LogP contribution in [0.4, 0.5) is 0 Å². The Morgan fingerprint density at radius 3 is 2.62 bits per heavy atom. The van der Waals surface area contributed by atoms with E-state index in [2.05, 4.69) is 37.4 Å². The summed E-state index contributed by atoms with van der Waals surface area (Å²) in [6.45, 7) is 4.17. The number of rotatable bonds is 7. The number of thioether (sulfide) groups is 1. The van der Waals surface area contributed by atoms with Crippen molar-refractivity contribution in [1.29, 1.82) is 0 Å². The number of nitrogens with one attached hydrogen (secondary N) is 1. The third kappa shape index (κ3) is 3.27. The largest absolute Gasteiger partial charge is 0.480 e. The third-order valence-electron chi connectivity index (χ3n) is 4.49. The first-order chi connectivity index (χ1) is 10.0. The lowest BCUT2D eigenvalue weighted by atomic mass is 9.95. The van der Waals surface area contributed by atoms with Crippen LogP contribution in [0.1, 0.15) is 36.8 Å². The molecule has 0 radical (unpaired) electrons. The van der Waals surface area contributed by atoms with Crippen LogP contribution in [0.15, 0.2) is 23.1 Å². The maximum Gasteiger partial charge on any atom is 0.325 e. The maximum absolute atomic E-state index is 12.0. The van der Waals surface area contributed by atoms with E-state index in [0.29, 0.717) is 17.7 Å². The minimum atomic E-state index is -0.734. The van der Waals surface area contributed by atoms with Crippen molar-refractivity contribution in [3.63, 3.8) is 0 Å². The molecule has 4 heteroatoms. The Morgan fingerprint density at radius 1 is 1.33 bits per heavy atom. The number of carboxylic acids is 1. The molecule has 3 nitrogen and oxygen atoms in total. The number of aryl methyl sites for hydroxylation is 2. The molecule has 0 saturated heterocycles. The highest BCUT2D eigenvalue weighted by Gasteiger charge is 2.53. The van der Waals surface area contributed by atoms with E-state index >= 15 is 0 Å². The van der Waals surface area contributed by atoms with Crippen molar-refractivity contribution in [2.45, 2.75) is 56.0 Å². The van der Waals surface area contributed by atoms with E-state index in [1.807, 2.05) is 0 Å². The number of benzene rings is 1. The first-order valence-electron chi connectivity index (χ1n) is 7.72. The standard InChI is InChI=1S/C17H23NO2S/c1-11-3-4-12(2)15(9-11)21-10-17(16(19)20,13-5-6-13)18-14-7-8-14/h3-4,9,13-14,18H,5-8,10H2,1-2H3,(H,19,20). The Balaban J connectivity index is 1.77. The summed E-state index contributed by atoms with van der Waals surface area (Å²) < 4.78 is 0. The summed E-state index contributed by atoms with van der Waals surface area (Å²) >= 11 is 1.69. The van der Waals surface area contributed by atoms with E-state index < -0.39 is 11.5 Å². The smallest absolute Gasteiger partial charge is 0.325 e. The summed E-state index contributed by atoms with van der Waals surface area (Å²) in [5.41, 5.74) is 1.72. The molecule has 1 unspecified atom stereocenters. The third-order valence-corrected chi connectivity index (χ3v) is 5.84. The van der Waals surface area contributed by atoms with Crippen LogP contribution in [0.3, 0.4) is 0 Å². The summed E-state index contributed by atoms with van der Waals surface area (Å²) in [6, 6.07) is 6.80. The van der Waals surface area contributed by atoms with E-state index in [1.165, 1.54) is 16.0 Å². The zero-order valence-corrected chi connectivity index (χ0v) is 13.5. The summed E-state index contributed by atoms with van der Waals surface area (Å²) in [5, 5.41) is 13.3. The Kier molecular flexibility index (Phi) is 4.02. The Bertz CT molecular complexity index is 552. The highest BCUT2D eigenvalue weighted by Crippen LogP contribution is 2.44. The SMILES string of the molecule is Cc1ccc(C)c(SCC(NC2CC2)(C(=O)O)C2CC2)c1. The minimum absolute atomic E-state index is 0.299. The molecular formula is C17H23NO2S. The molecule has 114 valence electrons. The summed E-state index contributed by atoms with van der Waals surface area (Å²) in [6.07, 6.45) is 4.32. The van der Waals surface area contributed by atoms with Crippen LogP contribution in [-0.2, 0) is 4.79 Å². The van der Waals surface area contributed by atoms with E-state index in [0.717, 1.165) is 25.7 Å². The number of carboxylic acid groups (broad SMARTS) is 1. The zero-order chi connectivity index (χ0) is 15.0. The van der Waals surface area contributed by atoms with Crippen molar-refractivity contribution < 1.29 is 9.90 Å². The molecule has 1 aromatic rings. The monoisotopic (exact) mass is 305 g/mol. The lowest BCUT2D eigenvalue weighted by Crippen LogP contribution is -2.57. The second-order valence-electron chi connectivity index (χ2n) is 6.53. The van der Waals surface area contributed by atoms with Crippen LogP contribution in [0.5, 0.6) is 0 Å². The van der Waals surface area contributed by atoms with Gasteiger partial charge in [-0.05, 0) is 57.1 Å². The van der Waals surface area contributed by atoms with Gasteiger partial charge in [-0.2, -0.15) is 0 Å². The molecule has 2 fully saturated rings. The topological polar surface area (TPSA) is 49.3 Å². The van der Waals surface area contributed by atoms with Crippen molar-refractivity contribution in [2.75, 3.05) is 5.75 Å². The van der Waals surface area contributed by atoms with E-state index in [1.54, 1.807) is 11.8 Å². The molecule has 0 heterocycles. The highest BCUT2D eigenvalue weighted by molar-refractivity contribution is 7.99. The van der Waals surface area contributed by atoms with Gasteiger partial charge in [-0.25, -0.2) is 0 Å². The fraction of sp³-hybridized carbons (Fsp3) is 0.588. The van der Waals surface area contributed by atoms with Gasteiger partial charge in [0.05, 0.1) is 0 Å². The molecule has 2 saturated carbocycles. The van der Waals surface area contributed by atoms with E-state index in [9.17, 15) is 9.90 Å². The molecule has 0 amide bonds. The van der Waals surface area contributed by atoms with Crippen LogP contribution < -0.4 is 5.32 Å². The number of aliphatic carboxylic acids is 1. The lowest BCUT2D eigenvalue weighted by Gasteiger charge is -2.31. The van der Waals surface area contributed by atoms with E-state index in [4.69, 9.17) is 0 Å². The molecule has 1 aromatic carbocycles. The fourth-order valence-electron chi connectivity index (χ4n) is 2.80. The van der Waals surface area contributed by atoms with Crippen molar-refractivity contribution in [3.8, 4) is 0 Å². The first kappa shape index (κ1) is 14.9. The quantitative estimate of drug-likeness (QED) is 0.758. The van der Waals surface area contributed by atoms with Crippen molar-refractivity contribution in [1.82, 2.24) is 5.32 Å². The normalized spacial score (nSPS) is 21.0. The molecule has 21 heavy (non-hydrogen) atoms. The molecule has 0 aromatic heterocycles. The van der Waals surface area contributed by atoms with Crippen LogP contribution >= 0.6 is 11.8 Å². The summed E-state index contributed by atoms with van der Waals surface area (Å²) in [7, 11) is 0. The van der Waals surface area contributed by atoms with Gasteiger partial charge in [0.2, 0.25) is 0 Å². The van der Waals surface area contributed by atoms with Gasteiger partial charge < -0.3 is 5.11 Å². The van der Waals surface area contributed by atoms with Crippen molar-refractivity contribution in [3.05, 3.63) is 29.3 Å². The van der Waals surface area contributed by atoms with Crippen LogP contribution in [-0.4, -0.2) is 28.4 Å². The minimum Gasteiger partial charge on any atom is -0.480 e. The summed E-state index contributed by atoms with van der Waals surface area (Å²) in [5.74, 6) is 0.247. The van der Waals surface area contributed by atoms with Gasteiger partial charge in [0, 0.05) is 16.7 Å². The van der Waals surface area contributed by atoms with Gasteiger partial charge in [-0.15, -0.1) is 11.8 Å². The van der Waals surface area contributed by atoms with Crippen LogP contribution in [0, 0.1) is 19.8 Å². The molecule has 0 spiro atoms. The summed E-state index contributed by atoms with van der Waals surface area (Å²) in [4.78, 5) is 13.2.